The molecular formula is C30H25FN4O. The Hall–Kier alpha value is -4.58. The molecule has 178 valence electrons. The molecule has 5 nitrogen and oxygen atoms in total. The Morgan fingerprint density at radius 1 is 0.778 bits per heavy atom. The highest BCUT2D eigenvalue weighted by molar-refractivity contribution is 5.91. The highest BCUT2D eigenvalue weighted by Crippen LogP contribution is 2.41. The lowest BCUT2D eigenvalue weighted by Gasteiger charge is -2.38. The van der Waals surface area contributed by atoms with Crippen LogP contribution in [0, 0.1) is 5.82 Å². The minimum Gasteiger partial charge on any atom is -0.305 e. The third-order valence-corrected chi connectivity index (χ3v) is 6.37. The molecule has 0 saturated heterocycles. The van der Waals surface area contributed by atoms with Crippen LogP contribution in [0.15, 0.2) is 122 Å². The van der Waals surface area contributed by atoms with E-state index in [0.29, 0.717) is 11.5 Å². The number of rotatable bonds is 7. The van der Waals surface area contributed by atoms with Crippen LogP contribution in [0.25, 0.3) is 0 Å². The molecule has 0 aliphatic carbocycles. The fourth-order valence-corrected chi connectivity index (χ4v) is 4.75. The molecule has 4 aromatic carbocycles. The van der Waals surface area contributed by atoms with Crippen molar-refractivity contribution in [2.75, 3.05) is 4.90 Å². The molecule has 1 amide bonds. The van der Waals surface area contributed by atoms with Gasteiger partial charge in [0.15, 0.2) is 5.82 Å². The zero-order chi connectivity index (χ0) is 25.0. The second-order valence-electron chi connectivity index (χ2n) is 8.51. The summed E-state index contributed by atoms with van der Waals surface area (Å²) in [5.41, 5.74) is 2.87. The first-order chi connectivity index (χ1) is 17.6. The van der Waals surface area contributed by atoms with Crippen molar-refractivity contribution < 1.29 is 9.18 Å². The summed E-state index contributed by atoms with van der Waals surface area (Å²) in [4.78, 5) is 14.3. The van der Waals surface area contributed by atoms with Gasteiger partial charge >= 0.3 is 0 Å². The zero-order valence-electron chi connectivity index (χ0n) is 19.8. The van der Waals surface area contributed by atoms with E-state index >= 15 is 0 Å². The molecule has 5 rings (SSSR count). The Balaban J connectivity index is 1.74. The molecule has 0 aliphatic heterocycles. The summed E-state index contributed by atoms with van der Waals surface area (Å²) in [6.07, 6.45) is 1.71. The van der Waals surface area contributed by atoms with Crippen LogP contribution in [-0.4, -0.2) is 20.7 Å². The Morgan fingerprint density at radius 3 is 1.69 bits per heavy atom. The van der Waals surface area contributed by atoms with Crippen molar-refractivity contribution in [1.29, 1.82) is 0 Å². The molecule has 36 heavy (non-hydrogen) atoms. The van der Waals surface area contributed by atoms with E-state index in [0.717, 1.165) is 16.7 Å². The first-order valence-electron chi connectivity index (χ1n) is 11.7. The van der Waals surface area contributed by atoms with Gasteiger partial charge < -0.3 is 4.90 Å². The monoisotopic (exact) mass is 476 g/mol. The van der Waals surface area contributed by atoms with Crippen LogP contribution in [0.4, 0.5) is 10.1 Å². The van der Waals surface area contributed by atoms with Gasteiger partial charge in [-0.1, -0.05) is 91.0 Å². The molecule has 0 atom stereocenters. The number of aromatic nitrogens is 3. The molecule has 0 saturated carbocycles. The lowest BCUT2D eigenvalue weighted by Crippen LogP contribution is -2.40. The van der Waals surface area contributed by atoms with E-state index in [4.69, 9.17) is 0 Å². The summed E-state index contributed by atoms with van der Waals surface area (Å²) in [6.45, 7) is 1.65. The van der Waals surface area contributed by atoms with Crippen LogP contribution in [0.2, 0.25) is 0 Å². The van der Waals surface area contributed by atoms with E-state index in [2.05, 4.69) is 46.6 Å². The lowest BCUT2D eigenvalue weighted by atomic mass is 9.76. The van der Waals surface area contributed by atoms with Gasteiger partial charge in [-0.2, -0.15) is 0 Å². The molecule has 0 N–H and O–H groups in total. The van der Waals surface area contributed by atoms with Gasteiger partial charge in [0.2, 0.25) is 5.91 Å². The van der Waals surface area contributed by atoms with Gasteiger partial charge in [-0.05, 0) is 41.0 Å². The van der Waals surface area contributed by atoms with Crippen LogP contribution in [0.3, 0.4) is 0 Å². The van der Waals surface area contributed by atoms with Crippen LogP contribution < -0.4 is 4.90 Å². The van der Waals surface area contributed by atoms with E-state index in [-0.39, 0.29) is 18.3 Å². The molecule has 5 aromatic rings. The molecule has 1 aromatic heterocycles. The van der Waals surface area contributed by atoms with Gasteiger partial charge in [0.05, 0.1) is 6.54 Å². The standard InChI is InChI=1S/C30H25FN4O/c1-23(36)34(28-19-17-27(31)18-20-28)21-29-33-32-22-35(29)30(24-11-5-2-6-12-24,25-13-7-3-8-14-25)26-15-9-4-10-16-26/h2-20,22H,21H2,1H3. The number of carbonyl (C=O) groups excluding carboxylic acids is 1. The SMILES string of the molecule is CC(=O)N(Cc1nncn1C(c1ccccc1)(c1ccccc1)c1ccccc1)c1ccc(F)cc1. The summed E-state index contributed by atoms with van der Waals surface area (Å²) >= 11 is 0. The van der Waals surface area contributed by atoms with E-state index in [1.54, 1.807) is 23.4 Å². The van der Waals surface area contributed by atoms with Gasteiger partial charge in [-0.3, -0.25) is 9.36 Å². The van der Waals surface area contributed by atoms with Crippen molar-refractivity contribution in [1.82, 2.24) is 14.8 Å². The summed E-state index contributed by atoms with van der Waals surface area (Å²) < 4.78 is 15.6. The smallest absolute Gasteiger partial charge is 0.224 e. The molecule has 0 aliphatic rings. The minimum atomic E-state index is -0.798. The molecular weight excluding hydrogens is 451 g/mol. The van der Waals surface area contributed by atoms with Gasteiger partial charge in [0.25, 0.3) is 0 Å². The third-order valence-electron chi connectivity index (χ3n) is 6.37. The van der Waals surface area contributed by atoms with Crippen LogP contribution in [0.1, 0.15) is 29.4 Å². The van der Waals surface area contributed by atoms with E-state index in [1.165, 1.54) is 19.1 Å². The summed E-state index contributed by atoms with van der Waals surface area (Å²) in [5, 5.41) is 8.77. The molecule has 0 radical (unpaired) electrons. The number of amides is 1. The quantitative estimate of drug-likeness (QED) is 0.279. The van der Waals surface area contributed by atoms with Crippen LogP contribution in [-0.2, 0) is 16.9 Å². The molecule has 0 fully saturated rings. The van der Waals surface area contributed by atoms with Crippen molar-refractivity contribution in [3.8, 4) is 0 Å². The largest absolute Gasteiger partial charge is 0.305 e. The maximum absolute atomic E-state index is 13.6. The zero-order valence-corrected chi connectivity index (χ0v) is 19.8. The third kappa shape index (κ3) is 4.18. The van der Waals surface area contributed by atoms with Gasteiger partial charge in [-0.15, -0.1) is 10.2 Å². The fraction of sp³-hybridized carbons (Fsp3) is 0.100. The first kappa shape index (κ1) is 23.2. The predicted octanol–water partition coefficient (Wildman–Crippen LogP) is 5.81. The van der Waals surface area contributed by atoms with Crippen molar-refractivity contribution in [2.24, 2.45) is 0 Å². The normalized spacial score (nSPS) is 11.3. The summed E-state index contributed by atoms with van der Waals surface area (Å²) in [5.74, 6) is 0.0497. The predicted molar refractivity (Wildman–Crippen MR) is 138 cm³/mol. The van der Waals surface area contributed by atoms with Gasteiger partial charge in [0.1, 0.15) is 17.7 Å². The maximum atomic E-state index is 13.6. The van der Waals surface area contributed by atoms with Crippen LogP contribution in [0.5, 0.6) is 0 Å². The average Bonchev–Trinajstić information content (AvgIpc) is 3.39. The fourth-order valence-electron chi connectivity index (χ4n) is 4.75. The van der Waals surface area contributed by atoms with Gasteiger partial charge in [0, 0.05) is 12.6 Å². The number of hydrogen-bond acceptors (Lipinski definition) is 3. The Morgan fingerprint density at radius 2 is 1.25 bits per heavy atom. The molecule has 0 unspecified atom stereocenters. The topological polar surface area (TPSA) is 51.0 Å². The van der Waals surface area contributed by atoms with Crippen LogP contribution >= 0.6 is 0 Å². The molecule has 0 bridgehead atoms. The first-order valence-corrected chi connectivity index (χ1v) is 11.7. The summed E-state index contributed by atoms with van der Waals surface area (Å²) in [7, 11) is 0. The van der Waals surface area contributed by atoms with E-state index < -0.39 is 5.54 Å². The number of carbonyl (C=O) groups is 1. The molecule has 6 heteroatoms. The number of anilines is 1. The Kier molecular flexibility index (Phi) is 6.41. The second-order valence-corrected chi connectivity index (χ2v) is 8.51. The highest BCUT2D eigenvalue weighted by Gasteiger charge is 2.40. The Bertz CT molecular complexity index is 1340. The van der Waals surface area contributed by atoms with Crippen molar-refractivity contribution >= 4 is 11.6 Å². The van der Waals surface area contributed by atoms with Crippen molar-refractivity contribution in [3.63, 3.8) is 0 Å². The molecule has 1 heterocycles. The number of nitrogens with zero attached hydrogens (tertiary/aromatic N) is 4. The van der Waals surface area contributed by atoms with E-state index in [9.17, 15) is 9.18 Å². The maximum Gasteiger partial charge on any atom is 0.224 e. The minimum absolute atomic E-state index is 0.162. The van der Waals surface area contributed by atoms with E-state index in [1.807, 2.05) is 59.2 Å². The summed E-state index contributed by atoms with van der Waals surface area (Å²) in [6, 6.07) is 36.5. The average molecular weight is 477 g/mol. The van der Waals surface area contributed by atoms with Crippen molar-refractivity contribution in [2.45, 2.75) is 19.0 Å². The second kappa shape index (κ2) is 9.96. The Labute approximate surface area is 209 Å². The number of hydrogen-bond donors (Lipinski definition) is 0. The van der Waals surface area contributed by atoms with Gasteiger partial charge in [-0.25, -0.2) is 4.39 Å². The number of halogens is 1. The lowest BCUT2D eigenvalue weighted by molar-refractivity contribution is -0.116. The van der Waals surface area contributed by atoms with Crippen molar-refractivity contribution in [3.05, 3.63) is 150 Å². The molecule has 0 spiro atoms. The highest BCUT2D eigenvalue weighted by atomic mass is 19.1. The number of benzene rings is 4.